The zero-order chi connectivity index (χ0) is 13.3. The Labute approximate surface area is 113 Å². The summed E-state index contributed by atoms with van der Waals surface area (Å²) in [5, 5.41) is 0. The molecule has 0 aliphatic carbocycles. The summed E-state index contributed by atoms with van der Waals surface area (Å²) in [6.07, 6.45) is 7.40. The molecule has 0 aromatic carbocycles. The monoisotopic (exact) mass is 257 g/mol. The lowest BCUT2D eigenvalue weighted by atomic mass is 9.86. The fourth-order valence-electron chi connectivity index (χ4n) is 3.28. The maximum Gasteiger partial charge on any atom is 0.245 e. The number of carbonyl (C=O) groups excluding carboxylic acids is 1. The average molecular weight is 257 g/mol. The highest BCUT2D eigenvalue weighted by Crippen LogP contribution is 2.40. The van der Waals surface area contributed by atoms with Crippen LogP contribution < -0.4 is 4.90 Å². The van der Waals surface area contributed by atoms with Crippen LogP contribution in [0.25, 0.3) is 0 Å². The third-order valence-electron chi connectivity index (χ3n) is 4.37. The number of pyridine rings is 1. The lowest BCUT2D eigenvalue weighted by Crippen LogP contribution is -2.33. The molecule has 4 nitrogen and oxygen atoms in total. The van der Waals surface area contributed by atoms with E-state index in [-0.39, 0.29) is 11.3 Å². The molecule has 1 atom stereocenters. The van der Waals surface area contributed by atoms with Gasteiger partial charge in [-0.1, -0.05) is 6.58 Å². The van der Waals surface area contributed by atoms with Crippen LogP contribution in [0, 0.1) is 5.41 Å². The van der Waals surface area contributed by atoms with Gasteiger partial charge in [0.25, 0.3) is 0 Å². The molecule has 3 heterocycles. The van der Waals surface area contributed by atoms with Gasteiger partial charge in [0, 0.05) is 37.8 Å². The van der Waals surface area contributed by atoms with E-state index < -0.39 is 0 Å². The van der Waals surface area contributed by atoms with Crippen molar-refractivity contribution in [2.75, 3.05) is 31.1 Å². The Balaban J connectivity index is 1.69. The second-order valence-electron chi connectivity index (χ2n) is 5.60. The number of nitrogens with zero attached hydrogens (tertiary/aromatic N) is 3. The summed E-state index contributed by atoms with van der Waals surface area (Å²) in [6.45, 7) is 7.39. The third kappa shape index (κ3) is 2.23. The van der Waals surface area contributed by atoms with Crippen LogP contribution in [0.4, 0.5) is 5.69 Å². The van der Waals surface area contributed by atoms with Crippen LogP contribution in [0.3, 0.4) is 0 Å². The Morgan fingerprint density at radius 3 is 2.95 bits per heavy atom. The number of anilines is 1. The van der Waals surface area contributed by atoms with Crippen LogP contribution in [0.15, 0.2) is 37.2 Å². The predicted octanol–water partition coefficient (Wildman–Crippen LogP) is 1.70. The molecule has 2 aliphatic heterocycles. The number of rotatable bonds is 2. The van der Waals surface area contributed by atoms with Gasteiger partial charge in [-0.05, 0) is 31.1 Å². The number of hydrogen-bond acceptors (Lipinski definition) is 3. The zero-order valence-electron chi connectivity index (χ0n) is 11.1. The molecule has 0 bridgehead atoms. The van der Waals surface area contributed by atoms with Crippen molar-refractivity contribution < 1.29 is 4.79 Å². The SMILES string of the molecule is C=CC(=O)N1CCC2(CCN(c3cccnc3)C2)C1. The molecule has 2 fully saturated rings. The molecule has 1 aromatic heterocycles. The number of amides is 1. The smallest absolute Gasteiger partial charge is 0.245 e. The van der Waals surface area contributed by atoms with Crippen molar-refractivity contribution in [3.63, 3.8) is 0 Å². The standard InChI is InChI=1S/C15H19N3O/c1-2-14(19)18-9-6-15(12-18)5-8-17(11-15)13-4-3-7-16-10-13/h2-4,7,10H,1,5-6,8-9,11-12H2. The van der Waals surface area contributed by atoms with Gasteiger partial charge in [-0.25, -0.2) is 0 Å². The fourth-order valence-corrected chi connectivity index (χ4v) is 3.28. The van der Waals surface area contributed by atoms with E-state index in [2.05, 4.69) is 22.5 Å². The minimum atomic E-state index is 0.0664. The van der Waals surface area contributed by atoms with Gasteiger partial charge in [-0.15, -0.1) is 0 Å². The first-order chi connectivity index (χ1) is 9.22. The molecular weight excluding hydrogens is 238 g/mol. The summed E-state index contributed by atoms with van der Waals surface area (Å²) < 4.78 is 0. The molecule has 0 saturated carbocycles. The van der Waals surface area contributed by atoms with Gasteiger partial charge in [-0.3, -0.25) is 9.78 Å². The lowest BCUT2D eigenvalue weighted by molar-refractivity contribution is -0.125. The van der Waals surface area contributed by atoms with Gasteiger partial charge in [0.05, 0.1) is 11.9 Å². The van der Waals surface area contributed by atoms with E-state index >= 15 is 0 Å². The Morgan fingerprint density at radius 2 is 2.21 bits per heavy atom. The first-order valence-electron chi connectivity index (χ1n) is 6.79. The summed E-state index contributed by atoms with van der Waals surface area (Å²) in [5.41, 5.74) is 1.46. The van der Waals surface area contributed by atoms with Crippen molar-refractivity contribution in [3.8, 4) is 0 Å². The number of aromatic nitrogens is 1. The van der Waals surface area contributed by atoms with E-state index in [1.165, 1.54) is 11.8 Å². The summed E-state index contributed by atoms with van der Waals surface area (Å²) in [6, 6.07) is 4.08. The Kier molecular flexibility index (Phi) is 3.01. The second-order valence-corrected chi connectivity index (χ2v) is 5.60. The van der Waals surface area contributed by atoms with Crippen molar-refractivity contribution in [1.29, 1.82) is 0 Å². The van der Waals surface area contributed by atoms with Gasteiger partial charge in [0.1, 0.15) is 0 Å². The maximum atomic E-state index is 11.7. The van der Waals surface area contributed by atoms with Gasteiger partial charge in [0.15, 0.2) is 0 Å². The van der Waals surface area contributed by atoms with Crippen molar-refractivity contribution in [1.82, 2.24) is 9.88 Å². The van der Waals surface area contributed by atoms with Gasteiger partial charge >= 0.3 is 0 Å². The minimum absolute atomic E-state index is 0.0664. The molecule has 0 N–H and O–H groups in total. The van der Waals surface area contributed by atoms with Crippen molar-refractivity contribution >= 4 is 11.6 Å². The van der Waals surface area contributed by atoms with E-state index in [9.17, 15) is 4.79 Å². The van der Waals surface area contributed by atoms with Crippen LogP contribution in [-0.2, 0) is 4.79 Å². The summed E-state index contributed by atoms with van der Waals surface area (Å²) in [5.74, 6) is 0.0664. The minimum Gasteiger partial charge on any atom is -0.370 e. The van der Waals surface area contributed by atoms with Gasteiger partial charge < -0.3 is 9.80 Å². The molecule has 19 heavy (non-hydrogen) atoms. The number of hydrogen-bond donors (Lipinski definition) is 0. The third-order valence-corrected chi connectivity index (χ3v) is 4.37. The average Bonchev–Trinajstić information content (AvgIpc) is 3.07. The number of likely N-dealkylation sites (tertiary alicyclic amines) is 1. The van der Waals surface area contributed by atoms with E-state index in [1.54, 1.807) is 6.20 Å². The summed E-state index contributed by atoms with van der Waals surface area (Å²) in [4.78, 5) is 20.2. The Bertz CT molecular complexity index is 487. The van der Waals surface area contributed by atoms with Crippen molar-refractivity contribution in [3.05, 3.63) is 37.2 Å². The largest absolute Gasteiger partial charge is 0.370 e. The molecule has 3 rings (SSSR count). The molecule has 100 valence electrons. The molecule has 1 aromatic rings. The van der Waals surface area contributed by atoms with Crippen LogP contribution in [0.5, 0.6) is 0 Å². The predicted molar refractivity (Wildman–Crippen MR) is 74.9 cm³/mol. The molecule has 1 spiro atoms. The maximum absolute atomic E-state index is 11.7. The topological polar surface area (TPSA) is 36.4 Å². The molecule has 1 unspecified atom stereocenters. The highest BCUT2D eigenvalue weighted by atomic mass is 16.2. The highest BCUT2D eigenvalue weighted by molar-refractivity contribution is 5.87. The van der Waals surface area contributed by atoms with E-state index in [0.717, 1.165) is 39.0 Å². The van der Waals surface area contributed by atoms with Crippen LogP contribution >= 0.6 is 0 Å². The molecule has 2 saturated heterocycles. The van der Waals surface area contributed by atoms with Gasteiger partial charge in [-0.2, -0.15) is 0 Å². The van der Waals surface area contributed by atoms with Gasteiger partial charge in [0.2, 0.25) is 5.91 Å². The first-order valence-corrected chi connectivity index (χ1v) is 6.79. The Hall–Kier alpha value is -1.84. The number of carbonyl (C=O) groups is 1. The fraction of sp³-hybridized carbons (Fsp3) is 0.467. The normalized spacial score (nSPS) is 26.1. The molecule has 1 amide bonds. The lowest BCUT2D eigenvalue weighted by Gasteiger charge is -2.25. The quantitative estimate of drug-likeness (QED) is 0.757. The van der Waals surface area contributed by atoms with Crippen molar-refractivity contribution in [2.24, 2.45) is 5.41 Å². The molecular formula is C15H19N3O. The van der Waals surface area contributed by atoms with E-state index in [1.807, 2.05) is 17.2 Å². The first kappa shape index (κ1) is 12.2. The summed E-state index contributed by atoms with van der Waals surface area (Å²) in [7, 11) is 0. The zero-order valence-corrected chi connectivity index (χ0v) is 11.1. The van der Waals surface area contributed by atoms with E-state index in [4.69, 9.17) is 0 Å². The highest BCUT2D eigenvalue weighted by Gasteiger charge is 2.44. The molecule has 2 aliphatic rings. The van der Waals surface area contributed by atoms with Crippen LogP contribution in [0.2, 0.25) is 0 Å². The summed E-state index contributed by atoms with van der Waals surface area (Å²) >= 11 is 0. The van der Waals surface area contributed by atoms with Crippen LogP contribution in [-0.4, -0.2) is 42.0 Å². The molecule has 0 radical (unpaired) electrons. The van der Waals surface area contributed by atoms with Crippen molar-refractivity contribution in [2.45, 2.75) is 12.8 Å². The van der Waals surface area contributed by atoms with E-state index in [0.29, 0.717) is 0 Å². The second kappa shape index (κ2) is 4.68. The van der Waals surface area contributed by atoms with Crippen LogP contribution in [0.1, 0.15) is 12.8 Å². The Morgan fingerprint density at radius 1 is 1.37 bits per heavy atom. The molecule has 4 heteroatoms.